The van der Waals surface area contributed by atoms with Crippen molar-refractivity contribution in [2.75, 3.05) is 49.7 Å². The van der Waals surface area contributed by atoms with Crippen LogP contribution in [0.4, 0.5) is 23.0 Å². The van der Waals surface area contributed by atoms with Crippen molar-refractivity contribution in [3.8, 4) is 0 Å². The van der Waals surface area contributed by atoms with Crippen LogP contribution in [0.5, 0.6) is 0 Å². The zero-order valence-corrected chi connectivity index (χ0v) is 13.6. The number of aryl methyl sites for hydroxylation is 1. The Balaban J connectivity index is 1.73. The Morgan fingerprint density at radius 2 is 1.83 bits per heavy atom. The smallest absolute Gasteiger partial charge is 0.169 e. The number of hydrogen-bond donors (Lipinski definition) is 3. The Labute approximate surface area is 136 Å². The van der Waals surface area contributed by atoms with E-state index in [0.29, 0.717) is 17.3 Å². The summed E-state index contributed by atoms with van der Waals surface area (Å²) in [5, 5.41) is 5.39. The van der Waals surface area contributed by atoms with E-state index in [0.717, 1.165) is 31.9 Å². The van der Waals surface area contributed by atoms with Gasteiger partial charge in [-0.05, 0) is 31.7 Å². The summed E-state index contributed by atoms with van der Waals surface area (Å²) in [6.07, 6.45) is 1.52. The molecular weight excluding hydrogens is 290 g/mol. The minimum absolute atomic E-state index is 0.521. The first-order valence-electron chi connectivity index (χ1n) is 7.76. The molecule has 23 heavy (non-hydrogen) atoms. The zero-order valence-electron chi connectivity index (χ0n) is 13.6. The molecule has 122 valence electrons. The Hall–Kier alpha value is -2.38. The first kappa shape index (κ1) is 15.5. The van der Waals surface area contributed by atoms with Crippen LogP contribution in [0.2, 0.25) is 0 Å². The summed E-state index contributed by atoms with van der Waals surface area (Å²) < 4.78 is 0. The van der Waals surface area contributed by atoms with Crippen LogP contribution >= 0.6 is 0 Å². The number of piperazine rings is 1. The summed E-state index contributed by atoms with van der Waals surface area (Å²) in [6, 6.07) is 8.09. The fraction of sp³-hybridized carbons (Fsp3) is 0.375. The van der Waals surface area contributed by atoms with E-state index >= 15 is 0 Å². The van der Waals surface area contributed by atoms with Gasteiger partial charge in [-0.25, -0.2) is 15.0 Å². The van der Waals surface area contributed by atoms with Gasteiger partial charge in [-0.15, -0.1) is 0 Å². The number of anilines is 4. The van der Waals surface area contributed by atoms with E-state index in [1.54, 1.807) is 0 Å². The molecule has 3 rings (SSSR count). The van der Waals surface area contributed by atoms with Crippen LogP contribution in [0.3, 0.4) is 0 Å². The third-order valence-electron chi connectivity index (χ3n) is 3.93. The average molecular weight is 313 g/mol. The highest BCUT2D eigenvalue weighted by Gasteiger charge is 2.16. The number of nitrogens with one attached hydrogen (secondary N) is 2. The molecule has 0 spiro atoms. The van der Waals surface area contributed by atoms with E-state index in [4.69, 9.17) is 5.73 Å². The molecule has 1 saturated heterocycles. The molecule has 7 nitrogen and oxygen atoms in total. The molecule has 1 fully saturated rings. The normalized spacial score (nSPS) is 16.3. The van der Waals surface area contributed by atoms with Crippen molar-refractivity contribution in [3.63, 3.8) is 0 Å². The molecule has 1 aliphatic rings. The van der Waals surface area contributed by atoms with Gasteiger partial charge >= 0.3 is 0 Å². The van der Waals surface area contributed by atoms with Gasteiger partial charge in [0.25, 0.3) is 0 Å². The molecule has 7 heteroatoms. The average Bonchev–Trinajstić information content (AvgIpc) is 2.53. The first-order valence-corrected chi connectivity index (χ1v) is 7.76. The number of likely N-dealkylation sites (N-methyl/N-ethyl adjacent to an activating group) is 1. The predicted molar refractivity (Wildman–Crippen MR) is 93.6 cm³/mol. The second-order valence-electron chi connectivity index (χ2n) is 5.88. The minimum Gasteiger partial charge on any atom is -0.393 e. The maximum atomic E-state index is 6.23. The molecule has 0 saturated carbocycles. The lowest BCUT2D eigenvalue weighted by Crippen LogP contribution is -2.47. The predicted octanol–water partition coefficient (Wildman–Crippen LogP) is 1.69. The summed E-state index contributed by atoms with van der Waals surface area (Å²) >= 11 is 0. The van der Waals surface area contributed by atoms with Crippen LogP contribution < -0.4 is 16.5 Å². The number of benzene rings is 1. The van der Waals surface area contributed by atoms with Crippen LogP contribution in [-0.2, 0) is 0 Å². The molecular formula is C16H23N7. The van der Waals surface area contributed by atoms with Gasteiger partial charge in [0, 0.05) is 31.9 Å². The maximum absolute atomic E-state index is 6.23. The van der Waals surface area contributed by atoms with Gasteiger partial charge in [0.05, 0.1) is 0 Å². The summed E-state index contributed by atoms with van der Waals surface area (Å²) in [5.41, 5.74) is 12.2. The van der Waals surface area contributed by atoms with Gasteiger partial charge < -0.3 is 21.4 Å². The fourth-order valence-electron chi connectivity index (χ4n) is 2.51. The summed E-state index contributed by atoms with van der Waals surface area (Å²) in [4.78, 5) is 10.8. The SMILES string of the molecule is Cc1cccc(Nc2ncnc(NN3CCN(C)CC3)c2N)c1. The molecule has 1 aromatic heterocycles. The lowest BCUT2D eigenvalue weighted by atomic mass is 10.2. The molecule has 4 N–H and O–H groups in total. The van der Waals surface area contributed by atoms with E-state index in [-0.39, 0.29) is 0 Å². The number of rotatable bonds is 4. The lowest BCUT2D eigenvalue weighted by Gasteiger charge is -2.32. The summed E-state index contributed by atoms with van der Waals surface area (Å²) in [5.74, 6) is 1.25. The van der Waals surface area contributed by atoms with Crippen molar-refractivity contribution in [2.24, 2.45) is 0 Å². The molecule has 0 radical (unpaired) electrons. The monoisotopic (exact) mass is 313 g/mol. The Morgan fingerprint density at radius 1 is 1.09 bits per heavy atom. The molecule has 0 unspecified atom stereocenters. The Morgan fingerprint density at radius 3 is 2.57 bits per heavy atom. The summed E-state index contributed by atoms with van der Waals surface area (Å²) in [7, 11) is 2.13. The van der Waals surface area contributed by atoms with E-state index < -0.39 is 0 Å². The Bertz CT molecular complexity index is 665. The van der Waals surface area contributed by atoms with Gasteiger partial charge in [0.1, 0.15) is 12.0 Å². The highest BCUT2D eigenvalue weighted by atomic mass is 15.5. The van der Waals surface area contributed by atoms with Gasteiger partial charge in [-0.1, -0.05) is 12.1 Å². The van der Waals surface area contributed by atoms with Crippen LogP contribution in [-0.4, -0.2) is 53.1 Å². The van der Waals surface area contributed by atoms with Crippen LogP contribution in [0.25, 0.3) is 0 Å². The lowest BCUT2D eigenvalue weighted by molar-refractivity contribution is 0.178. The topological polar surface area (TPSA) is 82.3 Å². The van der Waals surface area contributed by atoms with Gasteiger partial charge in [0.15, 0.2) is 11.6 Å². The molecule has 1 aliphatic heterocycles. The molecule has 0 bridgehead atoms. The van der Waals surface area contributed by atoms with Gasteiger partial charge in [-0.3, -0.25) is 0 Å². The van der Waals surface area contributed by atoms with E-state index in [2.05, 4.69) is 56.7 Å². The van der Waals surface area contributed by atoms with E-state index in [1.807, 2.05) is 12.1 Å². The first-order chi connectivity index (χ1) is 11.1. The minimum atomic E-state index is 0.521. The van der Waals surface area contributed by atoms with Gasteiger partial charge in [0.2, 0.25) is 0 Å². The second-order valence-corrected chi connectivity index (χ2v) is 5.88. The third kappa shape index (κ3) is 3.88. The van der Waals surface area contributed by atoms with Crippen LogP contribution in [0.15, 0.2) is 30.6 Å². The van der Waals surface area contributed by atoms with Crippen molar-refractivity contribution in [2.45, 2.75) is 6.92 Å². The Kier molecular flexibility index (Phi) is 4.59. The number of nitrogen functional groups attached to an aromatic ring is 1. The number of hydrogen-bond acceptors (Lipinski definition) is 7. The van der Waals surface area contributed by atoms with Crippen molar-refractivity contribution >= 4 is 23.0 Å². The third-order valence-corrected chi connectivity index (χ3v) is 3.93. The van der Waals surface area contributed by atoms with Crippen molar-refractivity contribution in [3.05, 3.63) is 36.2 Å². The van der Waals surface area contributed by atoms with Crippen molar-refractivity contribution < 1.29 is 0 Å². The quantitative estimate of drug-likeness (QED) is 0.792. The highest BCUT2D eigenvalue weighted by Crippen LogP contribution is 2.26. The molecule has 1 aromatic carbocycles. The van der Waals surface area contributed by atoms with Crippen molar-refractivity contribution in [1.29, 1.82) is 0 Å². The number of nitrogens with zero attached hydrogens (tertiary/aromatic N) is 4. The molecule has 0 aliphatic carbocycles. The highest BCUT2D eigenvalue weighted by molar-refractivity contribution is 5.77. The molecule has 2 heterocycles. The van der Waals surface area contributed by atoms with Crippen molar-refractivity contribution in [1.82, 2.24) is 19.9 Å². The molecule has 0 amide bonds. The number of nitrogens with two attached hydrogens (primary N) is 1. The zero-order chi connectivity index (χ0) is 16.2. The van der Waals surface area contributed by atoms with Crippen LogP contribution in [0.1, 0.15) is 5.56 Å². The fourth-order valence-corrected chi connectivity index (χ4v) is 2.51. The van der Waals surface area contributed by atoms with E-state index in [9.17, 15) is 0 Å². The molecule has 0 atom stereocenters. The van der Waals surface area contributed by atoms with Gasteiger partial charge in [-0.2, -0.15) is 0 Å². The largest absolute Gasteiger partial charge is 0.393 e. The second kappa shape index (κ2) is 6.80. The van der Waals surface area contributed by atoms with Crippen LogP contribution in [0, 0.1) is 6.92 Å². The molecule has 2 aromatic rings. The van der Waals surface area contributed by atoms with E-state index in [1.165, 1.54) is 11.9 Å². The standard InChI is InChI=1S/C16H23N7/c1-12-4-3-5-13(10-12)20-15-14(17)16(19-11-18-15)21-23-8-6-22(2)7-9-23/h3-5,10-11H,6-9,17H2,1-2H3,(H2,18,19,20,21). The number of hydrazine groups is 1. The summed E-state index contributed by atoms with van der Waals surface area (Å²) in [6.45, 7) is 5.95. The number of aromatic nitrogens is 2. The maximum Gasteiger partial charge on any atom is 0.169 e.